The van der Waals surface area contributed by atoms with Gasteiger partial charge in [-0.1, -0.05) is 23.9 Å². The number of fused-ring (bicyclic) bond motifs is 1. The zero-order valence-electron chi connectivity index (χ0n) is 19.2. The molecule has 4 rings (SSSR count). The number of hydrogen-bond donors (Lipinski definition) is 1. The number of rotatable bonds is 5. The lowest BCUT2D eigenvalue weighted by Gasteiger charge is -2.37. The van der Waals surface area contributed by atoms with Gasteiger partial charge in [-0.3, -0.25) is 14.5 Å². The van der Waals surface area contributed by atoms with E-state index in [-0.39, 0.29) is 16.4 Å². The summed E-state index contributed by atoms with van der Waals surface area (Å²) in [6.07, 6.45) is 2.14. The minimum atomic E-state index is -0.468. The number of imide groups is 1. The lowest BCUT2D eigenvalue weighted by Crippen LogP contribution is -2.42. The summed E-state index contributed by atoms with van der Waals surface area (Å²) in [7, 11) is 1.52. The predicted molar refractivity (Wildman–Crippen MR) is 125 cm³/mol. The van der Waals surface area contributed by atoms with E-state index in [4.69, 9.17) is 9.47 Å². The number of carbonyl (C=O) groups excluding carboxylic acids is 2. The molecule has 1 N–H and O–H groups in total. The zero-order chi connectivity index (χ0) is 23.2. The number of thioether (sulfide) groups is 1. The molecule has 2 aromatic carbocycles. The van der Waals surface area contributed by atoms with Crippen LogP contribution in [0.25, 0.3) is 0 Å². The van der Waals surface area contributed by atoms with E-state index in [9.17, 15) is 14.7 Å². The lowest BCUT2D eigenvalue weighted by molar-refractivity contribution is -0.125. The van der Waals surface area contributed by atoms with Gasteiger partial charge in [0.1, 0.15) is 29.5 Å². The molecular formula is C25H29NO5S. The van der Waals surface area contributed by atoms with E-state index in [0.717, 1.165) is 63.9 Å². The third kappa shape index (κ3) is 4.06. The van der Waals surface area contributed by atoms with Crippen LogP contribution in [0.4, 0.5) is 4.79 Å². The second-order valence-electron chi connectivity index (χ2n) is 8.99. The van der Waals surface area contributed by atoms with Crippen LogP contribution in [0.5, 0.6) is 17.2 Å². The Morgan fingerprint density at radius 2 is 1.84 bits per heavy atom. The number of ether oxygens (including phenoxy) is 2. The average molecular weight is 456 g/mol. The molecule has 2 aromatic rings. The van der Waals surface area contributed by atoms with Crippen molar-refractivity contribution in [3.05, 3.63) is 52.1 Å². The number of nitrogens with zero attached hydrogens (tertiary/aromatic N) is 1. The van der Waals surface area contributed by atoms with Crippen LogP contribution < -0.4 is 9.47 Å². The number of phenols is 1. The number of phenolic OH excluding ortho intramolecular Hbond substituents is 1. The summed E-state index contributed by atoms with van der Waals surface area (Å²) in [6.45, 7) is 8.29. The summed E-state index contributed by atoms with van der Waals surface area (Å²) in [4.78, 5) is 25.0. The Kier molecular flexibility index (Phi) is 5.88. The number of aromatic hydroxyl groups is 1. The van der Waals surface area contributed by atoms with Gasteiger partial charge in [0.25, 0.3) is 5.24 Å². The second kappa shape index (κ2) is 8.35. The SMILES string of the molecule is Cc1c(C)c2c(c(C)c1O)CCC(C)(COc1ccc(CC3SC(=O)N(C)C3=O)cc1)O2. The fourth-order valence-corrected chi connectivity index (χ4v) is 5.28. The van der Waals surface area contributed by atoms with Crippen LogP contribution in [0, 0.1) is 20.8 Å². The molecule has 0 spiro atoms. The predicted octanol–water partition coefficient (Wildman–Crippen LogP) is 4.72. The second-order valence-corrected chi connectivity index (χ2v) is 10.1. The van der Waals surface area contributed by atoms with E-state index < -0.39 is 5.60 Å². The Morgan fingerprint density at radius 1 is 1.16 bits per heavy atom. The maximum absolute atomic E-state index is 12.1. The molecule has 2 aliphatic heterocycles. The molecule has 0 radical (unpaired) electrons. The molecule has 1 fully saturated rings. The molecule has 2 heterocycles. The molecule has 2 unspecified atom stereocenters. The van der Waals surface area contributed by atoms with Gasteiger partial charge in [0.2, 0.25) is 5.91 Å². The van der Waals surface area contributed by atoms with Crippen LogP contribution in [0.1, 0.15) is 41.2 Å². The van der Waals surface area contributed by atoms with E-state index in [2.05, 4.69) is 6.92 Å². The Hall–Kier alpha value is -2.67. The Morgan fingerprint density at radius 3 is 2.47 bits per heavy atom. The van der Waals surface area contributed by atoms with Gasteiger partial charge in [0, 0.05) is 12.6 Å². The van der Waals surface area contributed by atoms with Crippen molar-refractivity contribution in [2.24, 2.45) is 0 Å². The summed E-state index contributed by atoms with van der Waals surface area (Å²) in [5, 5.41) is 9.80. The third-order valence-corrected chi connectivity index (χ3v) is 7.73. The molecule has 7 heteroatoms. The van der Waals surface area contributed by atoms with Gasteiger partial charge in [-0.25, -0.2) is 0 Å². The third-order valence-electron chi connectivity index (χ3n) is 6.60. The molecule has 32 heavy (non-hydrogen) atoms. The minimum absolute atomic E-state index is 0.142. The van der Waals surface area contributed by atoms with Crippen molar-refractivity contribution in [3.8, 4) is 17.2 Å². The topological polar surface area (TPSA) is 76.1 Å². The van der Waals surface area contributed by atoms with Gasteiger partial charge in [0.05, 0.1) is 5.25 Å². The van der Waals surface area contributed by atoms with Gasteiger partial charge in [-0.15, -0.1) is 0 Å². The van der Waals surface area contributed by atoms with E-state index in [1.54, 1.807) is 0 Å². The lowest BCUT2D eigenvalue weighted by atomic mass is 9.87. The van der Waals surface area contributed by atoms with Gasteiger partial charge in [-0.2, -0.15) is 0 Å². The monoisotopic (exact) mass is 455 g/mol. The van der Waals surface area contributed by atoms with Crippen molar-refractivity contribution in [2.45, 2.75) is 57.8 Å². The quantitative estimate of drug-likeness (QED) is 0.703. The first-order valence-corrected chi connectivity index (χ1v) is 11.7. The van der Waals surface area contributed by atoms with Crippen molar-refractivity contribution in [1.29, 1.82) is 0 Å². The van der Waals surface area contributed by atoms with E-state index >= 15 is 0 Å². The highest BCUT2D eigenvalue weighted by molar-refractivity contribution is 8.15. The molecular weight excluding hydrogens is 426 g/mol. The minimum Gasteiger partial charge on any atom is -0.507 e. The number of carbonyl (C=O) groups is 2. The largest absolute Gasteiger partial charge is 0.507 e. The maximum atomic E-state index is 12.1. The molecule has 170 valence electrons. The summed E-state index contributed by atoms with van der Waals surface area (Å²) in [5.41, 5.74) is 4.33. The fourth-order valence-electron chi connectivity index (χ4n) is 4.25. The molecule has 0 saturated carbocycles. The smallest absolute Gasteiger partial charge is 0.288 e. The van der Waals surface area contributed by atoms with E-state index in [0.29, 0.717) is 18.8 Å². The highest BCUT2D eigenvalue weighted by Gasteiger charge is 2.37. The van der Waals surface area contributed by atoms with Crippen LogP contribution in [0.15, 0.2) is 24.3 Å². The normalized spacial score (nSPS) is 22.7. The first-order valence-electron chi connectivity index (χ1n) is 10.8. The summed E-state index contributed by atoms with van der Waals surface area (Å²) in [5.74, 6) is 1.82. The van der Waals surface area contributed by atoms with E-state index in [1.807, 2.05) is 45.0 Å². The molecule has 2 atom stereocenters. The molecule has 0 aliphatic carbocycles. The summed E-state index contributed by atoms with van der Waals surface area (Å²) < 4.78 is 12.5. The van der Waals surface area contributed by atoms with Crippen molar-refractivity contribution in [2.75, 3.05) is 13.7 Å². The molecule has 2 amide bonds. The van der Waals surface area contributed by atoms with Crippen molar-refractivity contribution in [1.82, 2.24) is 4.90 Å². The molecule has 6 nitrogen and oxygen atoms in total. The van der Waals surface area contributed by atoms with Crippen molar-refractivity contribution >= 4 is 22.9 Å². The van der Waals surface area contributed by atoms with Crippen LogP contribution in [-0.4, -0.2) is 45.7 Å². The van der Waals surface area contributed by atoms with Gasteiger partial charge in [0.15, 0.2) is 0 Å². The van der Waals surface area contributed by atoms with E-state index in [1.165, 1.54) is 11.9 Å². The molecule has 1 saturated heterocycles. The van der Waals surface area contributed by atoms with Crippen LogP contribution in [-0.2, 0) is 17.6 Å². The Bertz CT molecular complexity index is 1080. The first-order chi connectivity index (χ1) is 15.1. The zero-order valence-corrected chi connectivity index (χ0v) is 20.0. The maximum Gasteiger partial charge on any atom is 0.288 e. The van der Waals surface area contributed by atoms with Crippen LogP contribution in [0.3, 0.4) is 0 Å². The van der Waals surface area contributed by atoms with Crippen molar-refractivity contribution < 1.29 is 24.2 Å². The van der Waals surface area contributed by atoms with Gasteiger partial charge >= 0.3 is 0 Å². The molecule has 0 bridgehead atoms. The standard InChI is InChI=1S/C25H29NO5S/c1-14-15(2)22-19(16(3)21(14)27)10-11-25(4,31-22)13-30-18-8-6-17(7-9-18)12-20-23(28)26(5)24(29)32-20/h6-9,20,27H,10-13H2,1-5H3. The highest BCUT2D eigenvalue weighted by Crippen LogP contribution is 2.43. The van der Waals surface area contributed by atoms with Crippen molar-refractivity contribution in [3.63, 3.8) is 0 Å². The molecule has 0 aromatic heterocycles. The van der Waals surface area contributed by atoms with Gasteiger partial charge < -0.3 is 14.6 Å². The molecule has 2 aliphatic rings. The highest BCUT2D eigenvalue weighted by atomic mass is 32.2. The van der Waals surface area contributed by atoms with Crippen LogP contribution in [0.2, 0.25) is 0 Å². The average Bonchev–Trinajstić information content (AvgIpc) is 3.02. The number of hydrogen-bond acceptors (Lipinski definition) is 6. The number of amides is 2. The number of benzene rings is 2. The fraction of sp³-hybridized carbons (Fsp3) is 0.440. The Balaban J connectivity index is 1.40. The summed E-state index contributed by atoms with van der Waals surface area (Å²) in [6, 6.07) is 7.65. The Labute approximate surface area is 192 Å². The summed E-state index contributed by atoms with van der Waals surface area (Å²) >= 11 is 1.08. The van der Waals surface area contributed by atoms with Crippen LogP contribution >= 0.6 is 11.8 Å². The van der Waals surface area contributed by atoms with Gasteiger partial charge in [-0.05, 0) is 81.3 Å². The first kappa shape index (κ1) is 22.5.